The molecule has 0 aliphatic carbocycles. The van der Waals surface area contributed by atoms with E-state index in [2.05, 4.69) is 6.07 Å². The number of anilines is 1. The Labute approximate surface area is 112 Å². The summed E-state index contributed by atoms with van der Waals surface area (Å²) in [6.45, 7) is 2.02. The molecule has 18 heavy (non-hydrogen) atoms. The van der Waals surface area contributed by atoms with Crippen LogP contribution in [0.25, 0.3) is 0 Å². The van der Waals surface area contributed by atoms with Crippen molar-refractivity contribution < 1.29 is 4.79 Å². The second-order valence-corrected chi connectivity index (χ2v) is 6.30. The second kappa shape index (κ2) is 5.03. The van der Waals surface area contributed by atoms with E-state index < -0.39 is 0 Å². The fourth-order valence-corrected chi connectivity index (χ4v) is 3.47. The molecule has 0 bridgehead atoms. The summed E-state index contributed by atoms with van der Waals surface area (Å²) < 4.78 is -0.289. The number of benzene rings is 1. The first kappa shape index (κ1) is 13.0. The summed E-state index contributed by atoms with van der Waals surface area (Å²) in [6.07, 6.45) is 2.05. The first-order valence-electron chi connectivity index (χ1n) is 5.99. The lowest BCUT2D eigenvalue weighted by atomic mass is 10.0. The van der Waals surface area contributed by atoms with Crippen molar-refractivity contribution in [1.82, 2.24) is 0 Å². The van der Waals surface area contributed by atoms with Crippen LogP contribution in [0.3, 0.4) is 0 Å². The summed E-state index contributed by atoms with van der Waals surface area (Å²) in [6, 6.07) is 9.19. The van der Waals surface area contributed by atoms with Gasteiger partial charge in [-0.15, -0.1) is 11.8 Å². The lowest BCUT2D eigenvalue weighted by molar-refractivity contribution is -0.120. The van der Waals surface area contributed by atoms with Crippen LogP contribution < -0.4 is 4.90 Å². The zero-order valence-corrected chi connectivity index (χ0v) is 11.5. The number of rotatable bonds is 2. The van der Waals surface area contributed by atoms with Gasteiger partial charge in [0.05, 0.1) is 16.4 Å². The van der Waals surface area contributed by atoms with Crippen LogP contribution in [0.15, 0.2) is 24.3 Å². The number of hydrogen-bond acceptors (Lipinski definition) is 3. The van der Waals surface area contributed by atoms with Crippen LogP contribution in [0, 0.1) is 11.3 Å². The van der Waals surface area contributed by atoms with E-state index in [1.807, 2.05) is 19.1 Å². The molecule has 1 aliphatic heterocycles. The van der Waals surface area contributed by atoms with E-state index in [0.29, 0.717) is 5.56 Å². The van der Waals surface area contributed by atoms with E-state index in [4.69, 9.17) is 5.26 Å². The second-order valence-electron chi connectivity index (χ2n) is 4.71. The van der Waals surface area contributed by atoms with Gasteiger partial charge in [-0.05, 0) is 49.8 Å². The smallest absolute Gasteiger partial charge is 0.242 e. The Balaban J connectivity index is 2.17. The van der Waals surface area contributed by atoms with Crippen LogP contribution in [-0.2, 0) is 4.79 Å². The number of thioether (sulfide) groups is 1. The molecule has 1 aliphatic rings. The molecule has 1 amide bonds. The molecule has 4 heteroatoms. The van der Waals surface area contributed by atoms with Gasteiger partial charge in [-0.25, -0.2) is 0 Å². The minimum Gasteiger partial charge on any atom is -0.314 e. The standard InChI is InChI=1S/C14H16N2OS/c1-14(8-3-9-18-14)13(17)16(2)12-6-4-11(10-15)5-7-12/h4-7H,3,8-9H2,1-2H3. The maximum Gasteiger partial charge on any atom is 0.242 e. The molecule has 94 valence electrons. The molecule has 0 radical (unpaired) electrons. The number of hydrogen-bond donors (Lipinski definition) is 0. The average molecular weight is 260 g/mol. The van der Waals surface area contributed by atoms with E-state index in [1.54, 1.807) is 35.8 Å². The lowest BCUT2D eigenvalue weighted by Crippen LogP contribution is -2.41. The predicted octanol–water partition coefficient (Wildman–Crippen LogP) is 2.81. The zero-order chi connectivity index (χ0) is 13.2. The first-order chi connectivity index (χ1) is 8.57. The number of carbonyl (C=O) groups excluding carboxylic acids is 1. The number of nitriles is 1. The van der Waals surface area contributed by atoms with Crippen LogP contribution in [0.5, 0.6) is 0 Å². The lowest BCUT2D eigenvalue weighted by Gasteiger charge is -2.28. The molecule has 1 unspecified atom stereocenters. The molecular weight excluding hydrogens is 244 g/mol. The predicted molar refractivity (Wildman–Crippen MR) is 74.7 cm³/mol. The minimum atomic E-state index is -0.289. The first-order valence-corrected chi connectivity index (χ1v) is 6.98. The summed E-state index contributed by atoms with van der Waals surface area (Å²) in [7, 11) is 1.80. The van der Waals surface area contributed by atoms with Gasteiger partial charge in [0.2, 0.25) is 5.91 Å². The molecule has 2 rings (SSSR count). The van der Waals surface area contributed by atoms with Crippen LogP contribution in [-0.4, -0.2) is 23.5 Å². The summed E-state index contributed by atoms with van der Waals surface area (Å²) in [5.74, 6) is 1.21. The van der Waals surface area contributed by atoms with Gasteiger partial charge in [0.15, 0.2) is 0 Å². The Morgan fingerprint density at radius 3 is 2.61 bits per heavy atom. The van der Waals surface area contributed by atoms with Crippen LogP contribution in [0.4, 0.5) is 5.69 Å². The molecule has 1 heterocycles. The van der Waals surface area contributed by atoms with Crippen molar-refractivity contribution in [2.24, 2.45) is 0 Å². The van der Waals surface area contributed by atoms with Crippen molar-refractivity contribution in [3.63, 3.8) is 0 Å². The van der Waals surface area contributed by atoms with Gasteiger partial charge in [0.25, 0.3) is 0 Å². The summed E-state index contributed by atoms with van der Waals surface area (Å²) in [5.41, 5.74) is 1.45. The fourth-order valence-electron chi connectivity index (χ4n) is 2.18. The highest BCUT2D eigenvalue weighted by Crippen LogP contribution is 2.39. The van der Waals surface area contributed by atoms with E-state index in [9.17, 15) is 4.79 Å². The van der Waals surface area contributed by atoms with Crippen molar-refractivity contribution in [3.8, 4) is 6.07 Å². The minimum absolute atomic E-state index is 0.148. The molecular formula is C14H16N2OS. The highest BCUT2D eigenvalue weighted by molar-refractivity contribution is 8.01. The van der Waals surface area contributed by atoms with Crippen molar-refractivity contribution >= 4 is 23.4 Å². The Hall–Kier alpha value is -1.47. The molecule has 0 saturated carbocycles. The molecule has 1 aromatic rings. The Morgan fingerprint density at radius 2 is 2.11 bits per heavy atom. The quantitative estimate of drug-likeness (QED) is 0.821. The van der Waals surface area contributed by atoms with E-state index >= 15 is 0 Å². The van der Waals surface area contributed by atoms with Crippen LogP contribution in [0.2, 0.25) is 0 Å². The van der Waals surface area contributed by atoms with Gasteiger partial charge in [-0.2, -0.15) is 5.26 Å². The van der Waals surface area contributed by atoms with Crippen molar-refractivity contribution in [2.75, 3.05) is 17.7 Å². The summed E-state index contributed by atoms with van der Waals surface area (Å²) >= 11 is 1.74. The van der Waals surface area contributed by atoms with Crippen molar-refractivity contribution in [3.05, 3.63) is 29.8 Å². The Morgan fingerprint density at radius 1 is 1.44 bits per heavy atom. The molecule has 0 spiro atoms. The maximum atomic E-state index is 12.5. The average Bonchev–Trinajstić information content (AvgIpc) is 2.85. The van der Waals surface area contributed by atoms with Crippen molar-refractivity contribution in [1.29, 1.82) is 5.26 Å². The normalized spacial score (nSPS) is 22.5. The summed E-state index contributed by atoms with van der Waals surface area (Å²) in [5, 5.41) is 8.76. The molecule has 1 saturated heterocycles. The molecule has 0 aromatic heterocycles. The zero-order valence-electron chi connectivity index (χ0n) is 10.6. The molecule has 1 fully saturated rings. The number of carbonyl (C=O) groups is 1. The van der Waals surface area contributed by atoms with Gasteiger partial charge in [0, 0.05) is 12.7 Å². The third kappa shape index (κ3) is 2.37. The van der Waals surface area contributed by atoms with Gasteiger partial charge >= 0.3 is 0 Å². The van der Waals surface area contributed by atoms with Gasteiger partial charge in [0.1, 0.15) is 0 Å². The van der Waals surface area contributed by atoms with Crippen molar-refractivity contribution in [2.45, 2.75) is 24.5 Å². The third-order valence-electron chi connectivity index (χ3n) is 3.36. The molecule has 0 N–H and O–H groups in total. The Bertz CT molecular complexity index is 484. The van der Waals surface area contributed by atoms with Crippen LogP contribution >= 0.6 is 11.8 Å². The highest BCUT2D eigenvalue weighted by Gasteiger charge is 2.39. The molecule has 1 atom stereocenters. The molecule has 3 nitrogen and oxygen atoms in total. The number of amides is 1. The van der Waals surface area contributed by atoms with Crippen LogP contribution in [0.1, 0.15) is 25.3 Å². The van der Waals surface area contributed by atoms with Gasteiger partial charge in [-0.3, -0.25) is 4.79 Å². The highest BCUT2D eigenvalue weighted by atomic mass is 32.2. The van der Waals surface area contributed by atoms with E-state index in [0.717, 1.165) is 24.3 Å². The SMILES string of the molecule is CN(C(=O)C1(C)CCCS1)c1ccc(C#N)cc1. The number of nitrogens with zero attached hydrogens (tertiary/aromatic N) is 2. The van der Waals surface area contributed by atoms with E-state index in [1.165, 1.54) is 0 Å². The largest absolute Gasteiger partial charge is 0.314 e. The Kier molecular flexibility index (Phi) is 3.63. The topological polar surface area (TPSA) is 44.1 Å². The monoisotopic (exact) mass is 260 g/mol. The fraction of sp³-hybridized carbons (Fsp3) is 0.429. The summed E-state index contributed by atoms with van der Waals surface area (Å²) in [4.78, 5) is 14.2. The third-order valence-corrected chi connectivity index (χ3v) is 4.87. The van der Waals surface area contributed by atoms with Gasteiger partial charge < -0.3 is 4.90 Å². The maximum absolute atomic E-state index is 12.5. The van der Waals surface area contributed by atoms with Gasteiger partial charge in [-0.1, -0.05) is 0 Å². The molecule has 1 aromatic carbocycles. The van der Waals surface area contributed by atoms with E-state index in [-0.39, 0.29) is 10.7 Å².